The van der Waals surface area contributed by atoms with Crippen LogP contribution in [0.15, 0.2) is 36.4 Å². The summed E-state index contributed by atoms with van der Waals surface area (Å²) in [5, 5.41) is 13.9. The van der Waals surface area contributed by atoms with Crippen molar-refractivity contribution in [2.45, 2.75) is 31.8 Å². The van der Waals surface area contributed by atoms with E-state index in [-0.39, 0.29) is 17.5 Å². The quantitative estimate of drug-likeness (QED) is 0.419. The third kappa shape index (κ3) is 4.07. The second kappa shape index (κ2) is 9.63. The molecule has 0 bridgehead atoms. The predicted octanol–water partition coefficient (Wildman–Crippen LogP) is 3.15. The van der Waals surface area contributed by atoms with Crippen LogP contribution in [0.3, 0.4) is 0 Å². The number of methoxy groups -OCH3 is 1. The SMILES string of the molecule is CNC1CC(n2c(C(=O)OC)c(C#N)c3ccc(N4CCN(c5ccc(C(C)=O)cc5)CC4)nc32)C1. The number of ketones is 1. The van der Waals surface area contributed by atoms with Gasteiger partial charge in [-0.3, -0.25) is 4.79 Å². The molecule has 9 heteroatoms. The molecule has 186 valence electrons. The van der Waals surface area contributed by atoms with E-state index >= 15 is 0 Å². The molecule has 2 aromatic heterocycles. The van der Waals surface area contributed by atoms with E-state index in [4.69, 9.17) is 9.72 Å². The molecule has 3 aromatic rings. The van der Waals surface area contributed by atoms with Crippen LogP contribution < -0.4 is 15.1 Å². The van der Waals surface area contributed by atoms with E-state index in [1.165, 1.54) is 7.11 Å². The molecule has 0 spiro atoms. The molecule has 0 unspecified atom stereocenters. The van der Waals surface area contributed by atoms with Crippen LogP contribution in [0.25, 0.3) is 11.0 Å². The Morgan fingerprint density at radius 2 is 1.72 bits per heavy atom. The molecular formula is C27H30N6O3. The van der Waals surface area contributed by atoms with E-state index in [9.17, 15) is 14.9 Å². The lowest BCUT2D eigenvalue weighted by molar-refractivity contribution is 0.0580. The number of piperazine rings is 1. The second-order valence-corrected chi connectivity index (χ2v) is 9.43. The lowest BCUT2D eigenvalue weighted by atomic mass is 9.86. The lowest BCUT2D eigenvalue weighted by Crippen LogP contribution is -2.46. The summed E-state index contributed by atoms with van der Waals surface area (Å²) in [5.74, 6) is 0.387. The van der Waals surface area contributed by atoms with E-state index in [0.29, 0.717) is 28.2 Å². The Balaban J connectivity index is 1.42. The molecule has 3 heterocycles. The number of ether oxygens (including phenoxy) is 1. The Morgan fingerprint density at radius 1 is 1.06 bits per heavy atom. The Hall–Kier alpha value is -3.90. The maximum Gasteiger partial charge on any atom is 0.356 e. The highest BCUT2D eigenvalue weighted by Gasteiger charge is 2.36. The molecule has 0 radical (unpaired) electrons. The summed E-state index contributed by atoms with van der Waals surface area (Å²) >= 11 is 0. The average molecular weight is 487 g/mol. The first kappa shape index (κ1) is 23.8. The number of nitrogens with zero attached hydrogens (tertiary/aromatic N) is 5. The van der Waals surface area contributed by atoms with Crippen LogP contribution in [0, 0.1) is 11.3 Å². The zero-order valence-corrected chi connectivity index (χ0v) is 20.8. The van der Waals surface area contributed by atoms with E-state index in [1.807, 2.05) is 48.0 Å². The summed E-state index contributed by atoms with van der Waals surface area (Å²) in [5.41, 5.74) is 3.09. The van der Waals surface area contributed by atoms with E-state index < -0.39 is 5.97 Å². The Labute approximate surface area is 210 Å². The minimum absolute atomic E-state index is 0.0656. The Bertz CT molecular complexity index is 1340. The Kier molecular flexibility index (Phi) is 6.37. The first-order valence-corrected chi connectivity index (χ1v) is 12.3. The van der Waals surface area contributed by atoms with Gasteiger partial charge in [-0.25, -0.2) is 9.78 Å². The maximum atomic E-state index is 12.7. The van der Waals surface area contributed by atoms with Crippen LogP contribution >= 0.6 is 0 Å². The highest BCUT2D eigenvalue weighted by Crippen LogP contribution is 2.39. The minimum atomic E-state index is -0.511. The number of carbonyl (C=O) groups is 2. The number of hydrogen-bond acceptors (Lipinski definition) is 8. The highest BCUT2D eigenvalue weighted by molar-refractivity contribution is 6.00. The molecule has 0 amide bonds. The van der Waals surface area contributed by atoms with Crippen LogP contribution in [0.2, 0.25) is 0 Å². The van der Waals surface area contributed by atoms with Crippen molar-refractivity contribution in [2.24, 2.45) is 0 Å². The summed E-state index contributed by atoms with van der Waals surface area (Å²) in [6.45, 7) is 4.79. The second-order valence-electron chi connectivity index (χ2n) is 9.43. The smallest absolute Gasteiger partial charge is 0.356 e. The van der Waals surface area contributed by atoms with Gasteiger partial charge in [0, 0.05) is 54.9 Å². The van der Waals surface area contributed by atoms with Gasteiger partial charge in [-0.05, 0) is 63.2 Å². The van der Waals surface area contributed by atoms with Gasteiger partial charge in [0.05, 0.1) is 12.7 Å². The molecule has 9 nitrogen and oxygen atoms in total. The fraction of sp³-hybridized carbons (Fsp3) is 0.407. The molecular weight excluding hydrogens is 456 g/mol. The molecule has 1 N–H and O–H groups in total. The third-order valence-corrected chi connectivity index (χ3v) is 7.46. The van der Waals surface area contributed by atoms with Crippen LogP contribution in [0.4, 0.5) is 11.5 Å². The van der Waals surface area contributed by atoms with Gasteiger partial charge < -0.3 is 24.4 Å². The monoisotopic (exact) mass is 486 g/mol. The standard InChI is InChI=1S/C27H30N6O3/c1-17(34)18-4-6-20(7-5-18)31-10-12-32(13-11-31)24-9-8-22-23(16-28)25(27(35)36-3)33(26(22)30-24)21-14-19(15-21)29-2/h4-9,19,21,29H,10-15H2,1-3H3. The number of rotatable bonds is 6. The van der Waals surface area contributed by atoms with Gasteiger partial charge in [0.1, 0.15) is 23.2 Å². The zero-order chi connectivity index (χ0) is 25.4. The molecule has 1 aliphatic carbocycles. The summed E-state index contributed by atoms with van der Waals surface area (Å²) in [6.07, 6.45) is 1.73. The van der Waals surface area contributed by atoms with Crippen LogP contribution in [0.1, 0.15) is 52.2 Å². The van der Waals surface area contributed by atoms with Crippen molar-refractivity contribution in [3.63, 3.8) is 0 Å². The van der Waals surface area contributed by atoms with Gasteiger partial charge in [-0.1, -0.05) is 0 Å². The highest BCUT2D eigenvalue weighted by atomic mass is 16.5. The number of nitrogens with one attached hydrogen (secondary N) is 1. The number of Topliss-reactive ketones (excluding diaryl/α,β-unsaturated/α-hetero) is 1. The van der Waals surface area contributed by atoms with Gasteiger partial charge in [0.2, 0.25) is 0 Å². The number of aromatic nitrogens is 2. The van der Waals surface area contributed by atoms with Crippen molar-refractivity contribution in [2.75, 3.05) is 50.1 Å². The number of carbonyl (C=O) groups excluding carboxylic acids is 2. The predicted molar refractivity (Wildman–Crippen MR) is 138 cm³/mol. The topological polar surface area (TPSA) is 103 Å². The molecule has 1 saturated heterocycles. The molecule has 36 heavy (non-hydrogen) atoms. The van der Waals surface area contributed by atoms with Gasteiger partial charge in [0.25, 0.3) is 0 Å². The summed E-state index contributed by atoms with van der Waals surface area (Å²) in [6, 6.07) is 14.3. The molecule has 2 fully saturated rings. The molecule has 2 aliphatic rings. The van der Waals surface area contributed by atoms with E-state index in [1.54, 1.807) is 6.92 Å². The summed E-state index contributed by atoms with van der Waals surface area (Å²) in [7, 11) is 3.28. The fourth-order valence-electron chi connectivity index (χ4n) is 5.25. The lowest BCUT2D eigenvalue weighted by Gasteiger charge is -2.38. The normalized spacial score (nSPS) is 19.6. The van der Waals surface area contributed by atoms with Gasteiger partial charge in [-0.15, -0.1) is 0 Å². The number of hydrogen-bond donors (Lipinski definition) is 1. The number of esters is 1. The average Bonchev–Trinajstić information content (AvgIpc) is 3.21. The van der Waals surface area contributed by atoms with E-state index in [2.05, 4.69) is 21.2 Å². The van der Waals surface area contributed by atoms with E-state index in [0.717, 1.165) is 50.5 Å². The third-order valence-electron chi connectivity index (χ3n) is 7.46. The van der Waals surface area contributed by atoms with Gasteiger partial charge in [-0.2, -0.15) is 5.26 Å². The first-order valence-electron chi connectivity index (χ1n) is 12.3. The van der Waals surface area contributed by atoms with Crippen LogP contribution in [-0.2, 0) is 4.74 Å². The number of nitriles is 1. The number of benzene rings is 1. The van der Waals surface area contributed by atoms with Crippen LogP contribution in [-0.4, -0.2) is 67.7 Å². The molecule has 0 atom stereocenters. The molecule has 1 aromatic carbocycles. The maximum absolute atomic E-state index is 12.7. The number of fused-ring (bicyclic) bond motifs is 1. The van der Waals surface area contributed by atoms with Crippen molar-refractivity contribution in [1.82, 2.24) is 14.9 Å². The largest absolute Gasteiger partial charge is 0.464 e. The Morgan fingerprint density at radius 3 is 2.31 bits per heavy atom. The molecule has 1 saturated carbocycles. The van der Waals surface area contributed by atoms with Crippen LogP contribution in [0.5, 0.6) is 0 Å². The van der Waals surface area contributed by atoms with Crippen molar-refractivity contribution in [1.29, 1.82) is 5.26 Å². The van der Waals surface area contributed by atoms with Gasteiger partial charge in [0.15, 0.2) is 5.78 Å². The summed E-state index contributed by atoms with van der Waals surface area (Å²) in [4.78, 5) is 33.8. The van der Waals surface area contributed by atoms with Crippen molar-refractivity contribution < 1.29 is 14.3 Å². The van der Waals surface area contributed by atoms with Crippen molar-refractivity contribution in [3.05, 3.63) is 53.2 Å². The number of anilines is 2. The molecule has 5 rings (SSSR count). The number of pyridine rings is 1. The van der Waals surface area contributed by atoms with Crippen molar-refractivity contribution in [3.8, 4) is 6.07 Å². The van der Waals surface area contributed by atoms with Gasteiger partial charge >= 0.3 is 5.97 Å². The molecule has 1 aliphatic heterocycles. The summed E-state index contributed by atoms with van der Waals surface area (Å²) < 4.78 is 6.97. The minimum Gasteiger partial charge on any atom is -0.464 e. The zero-order valence-electron chi connectivity index (χ0n) is 20.8. The first-order chi connectivity index (χ1) is 17.4. The van der Waals surface area contributed by atoms with Crippen molar-refractivity contribution >= 4 is 34.3 Å². The fourth-order valence-corrected chi connectivity index (χ4v) is 5.25.